The minimum absolute atomic E-state index is 0. The zero-order chi connectivity index (χ0) is 12.0. The predicted octanol–water partition coefficient (Wildman–Crippen LogP) is 2.34. The van der Waals surface area contributed by atoms with Crippen molar-refractivity contribution in [3.05, 3.63) is 21.3 Å². The SMILES string of the molecule is CNCC(C)C(=O)NCCc1ccc(Cl)s1.Cl. The molecule has 98 valence electrons. The third kappa shape index (κ3) is 6.27. The lowest BCUT2D eigenvalue weighted by atomic mass is 10.1. The monoisotopic (exact) mass is 296 g/mol. The molecule has 0 aliphatic carbocycles. The van der Waals surface area contributed by atoms with Crippen LogP contribution in [0.25, 0.3) is 0 Å². The third-order valence-corrected chi connectivity index (χ3v) is 3.55. The second-order valence-corrected chi connectivity index (χ2v) is 5.51. The second kappa shape index (κ2) is 8.75. The van der Waals surface area contributed by atoms with Crippen LogP contribution in [0, 0.1) is 5.92 Å². The van der Waals surface area contributed by atoms with E-state index in [1.54, 1.807) is 11.3 Å². The van der Waals surface area contributed by atoms with Gasteiger partial charge in [-0.1, -0.05) is 18.5 Å². The molecule has 0 aromatic carbocycles. The number of thiophene rings is 1. The average molecular weight is 297 g/mol. The summed E-state index contributed by atoms with van der Waals surface area (Å²) in [6.07, 6.45) is 0.843. The molecule has 3 nitrogen and oxygen atoms in total. The summed E-state index contributed by atoms with van der Waals surface area (Å²) in [5.74, 6) is 0.105. The van der Waals surface area contributed by atoms with E-state index in [2.05, 4.69) is 10.6 Å². The lowest BCUT2D eigenvalue weighted by Crippen LogP contribution is -2.35. The molecule has 17 heavy (non-hydrogen) atoms. The van der Waals surface area contributed by atoms with Crippen molar-refractivity contribution in [2.45, 2.75) is 13.3 Å². The van der Waals surface area contributed by atoms with Crippen LogP contribution in [0.1, 0.15) is 11.8 Å². The smallest absolute Gasteiger partial charge is 0.224 e. The lowest BCUT2D eigenvalue weighted by molar-refractivity contribution is -0.124. The van der Waals surface area contributed by atoms with Crippen molar-refractivity contribution in [3.63, 3.8) is 0 Å². The molecule has 0 aliphatic heterocycles. The molecule has 1 aromatic rings. The summed E-state index contributed by atoms with van der Waals surface area (Å²) < 4.78 is 0.796. The molecule has 2 N–H and O–H groups in total. The van der Waals surface area contributed by atoms with E-state index in [-0.39, 0.29) is 24.2 Å². The summed E-state index contributed by atoms with van der Waals surface area (Å²) in [6.45, 7) is 3.29. The summed E-state index contributed by atoms with van der Waals surface area (Å²) in [4.78, 5) is 12.8. The number of carbonyl (C=O) groups is 1. The van der Waals surface area contributed by atoms with Gasteiger partial charge in [-0.2, -0.15) is 0 Å². The molecule has 1 amide bonds. The molecule has 0 spiro atoms. The number of nitrogens with one attached hydrogen (secondary N) is 2. The molecule has 6 heteroatoms. The maximum absolute atomic E-state index is 11.6. The Bertz CT molecular complexity index is 344. The Morgan fingerprint density at radius 2 is 2.24 bits per heavy atom. The zero-order valence-corrected chi connectivity index (χ0v) is 12.3. The van der Waals surface area contributed by atoms with Gasteiger partial charge in [0, 0.05) is 23.9 Å². The number of carbonyl (C=O) groups excluding carboxylic acids is 1. The largest absolute Gasteiger partial charge is 0.355 e. The predicted molar refractivity (Wildman–Crippen MR) is 76.4 cm³/mol. The first-order valence-electron chi connectivity index (χ1n) is 5.30. The van der Waals surface area contributed by atoms with E-state index in [0.29, 0.717) is 13.1 Å². The van der Waals surface area contributed by atoms with E-state index in [1.807, 2.05) is 26.1 Å². The maximum Gasteiger partial charge on any atom is 0.224 e. The van der Waals surface area contributed by atoms with Crippen LogP contribution in [0.15, 0.2) is 12.1 Å². The van der Waals surface area contributed by atoms with Gasteiger partial charge in [0.15, 0.2) is 0 Å². The number of halogens is 2. The van der Waals surface area contributed by atoms with Crippen molar-refractivity contribution >= 4 is 41.3 Å². The molecule has 0 radical (unpaired) electrons. The van der Waals surface area contributed by atoms with Gasteiger partial charge in [0.1, 0.15) is 0 Å². The highest BCUT2D eigenvalue weighted by atomic mass is 35.5. The topological polar surface area (TPSA) is 41.1 Å². The highest BCUT2D eigenvalue weighted by Gasteiger charge is 2.10. The van der Waals surface area contributed by atoms with Gasteiger partial charge in [-0.15, -0.1) is 23.7 Å². The molecule has 0 fully saturated rings. The Morgan fingerprint density at radius 3 is 2.76 bits per heavy atom. The van der Waals surface area contributed by atoms with E-state index in [1.165, 1.54) is 4.88 Å². The first kappa shape index (κ1) is 16.7. The Balaban J connectivity index is 0.00000256. The Labute approximate surface area is 117 Å². The van der Waals surface area contributed by atoms with Crippen LogP contribution < -0.4 is 10.6 Å². The average Bonchev–Trinajstić information content (AvgIpc) is 2.64. The van der Waals surface area contributed by atoms with Crippen LogP contribution in [0.5, 0.6) is 0 Å². The molecular weight excluding hydrogens is 279 g/mol. The fourth-order valence-corrected chi connectivity index (χ4v) is 2.46. The van der Waals surface area contributed by atoms with E-state index >= 15 is 0 Å². The van der Waals surface area contributed by atoms with Crippen molar-refractivity contribution < 1.29 is 4.79 Å². The molecule has 0 aliphatic rings. The second-order valence-electron chi connectivity index (χ2n) is 3.71. The normalized spacial score (nSPS) is 11.7. The van der Waals surface area contributed by atoms with Gasteiger partial charge < -0.3 is 10.6 Å². The maximum atomic E-state index is 11.6. The van der Waals surface area contributed by atoms with Crippen molar-refractivity contribution in [1.29, 1.82) is 0 Å². The molecule has 1 rings (SSSR count). The summed E-state index contributed by atoms with van der Waals surface area (Å²) in [7, 11) is 1.84. The highest BCUT2D eigenvalue weighted by molar-refractivity contribution is 7.16. The van der Waals surface area contributed by atoms with Crippen LogP contribution in [-0.2, 0) is 11.2 Å². The van der Waals surface area contributed by atoms with E-state index in [0.717, 1.165) is 10.8 Å². The molecule has 0 bridgehead atoms. The van der Waals surface area contributed by atoms with Crippen molar-refractivity contribution in [2.75, 3.05) is 20.1 Å². The van der Waals surface area contributed by atoms with Crippen molar-refractivity contribution in [1.82, 2.24) is 10.6 Å². The molecule has 1 aromatic heterocycles. The van der Waals surface area contributed by atoms with Crippen LogP contribution >= 0.6 is 35.3 Å². The Morgan fingerprint density at radius 1 is 1.53 bits per heavy atom. The van der Waals surface area contributed by atoms with Crippen molar-refractivity contribution in [3.8, 4) is 0 Å². The quantitative estimate of drug-likeness (QED) is 0.846. The highest BCUT2D eigenvalue weighted by Crippen LogP contribution is 2.21. The van der Waals surface area contributed by atoms with Crippen LogP contribution in [0.3, 0.4) is 0 Å². The molecule has 1 heterocycles. The Hall–Kier alpha value is -0.290. The van der Waals surface area contributed by atoms with Gasteiger partial charge in [-0.25, -0.2) is 0 Å². The van der Waals surface area contributed by atoms with Crippen LogP contribution in [0.4, 0.5) is 0 Å². The zero-order valence-electron chi connectivity index (χ0n) is 9.96. The third-order valence-electron chi connectivity index (χ3n) is 2.26. The van der Waals surface area contributed by atoms with Gasteiger partial charge >= 0.3 is 0 Å². The van der Waals surface area contributed by atoms with E-state index < -0.39 is 0 Å². The van der Waals surface area contributed by atoms with Crippen LogP contribution in [-0.4, -0.2) is 26.0 Å². The van der Waals surface area contributed by atoms with Gasteiger partial charge in [0.05, 0.1) is 4.34 Å². The molecule has 1 unspecified atom stereocenters. The number of rotatable bonds is 6. The summed E-state index contributed by atoms with van der Waals surface area (Å²) in [5, 5.41) is 5.89. The summed E-state index contributed by atoms with van der Waals surface area (Å²) in [5.41, 5.74) is 0. The first-order valence-corrected chi connectivity index (χ1v) is 6.49. The lowest BCUT2D eigenvalue weighted by Gasteiger charge is -2.10. The van der Waals surface area contributed by atoms with Gasteiger partial charge in [-0.05, 0) is 25.6 Å². The minimum atomic E-state index is 0. The fourth-order valence-electron chi connectivity index (χ4n) is 1.37. The fraction of sp³-hybridized carbons (Fsp3) is 0.545. The molecule has 0 saturated heterocycles. The molecule has 1 atom stereocenters. The minimum Gasteiger partial charge on any atom is -0.355 e. The van der Waals surface area contributed by atoms with Gasteiger partial charge in [-0.3, -0.25) is 4.79 Å². The number of hydrogen-bond acceptors (Lipinski definition) is 3. The van der Waals surface area contributed by atoms with Gasteiger partial charge in [0.2, 0.25) is 5.91 Å². The Kier molecular flexibility index (Phi) is 8.60. The first-order chi connectivity index (χ1) is 7.63. The summed E-state index contributed by atoms with van der Waals surface area (Å²) >= 11 is 7.38. The summed E-state index contributed by atoms with van der Waals surface area (Å²) in [6, 6.07) is 3.88. The number of amides is 1. The molecule has 0 saturated carbocycles. The van der Waals surface area contributed by atoms with Gasteiger partial charge in [0.25, 0.3) is 0 Å². The standard InChI is InChI=1S/C11H17ClN2OS.ClH/c1-8(7-13-2)11(15)14-6-5-9-3-4-10(12)16-9;/h3-4,8,13H,5-7H2,1-2H3,(H,14,15);1H. The van der Waals surface area contributed by atoms with E-state index in [9.17, 15) is 4.79 Å². The molecular formula is C11H18Cl2N2OS. The number of hydrogen-bond donors (Lipinski definition) is 2. The van der Waals surface area contributed by atoms with Crippen molar-refractivity contribution in [2.24, 2.45) is 5.92 Å². The van der Waals surface area contributed by atoms with Crippen LogP contribution in [0.2, 0.25) is 4.34 Å². The van der Waals surface area contributed by atoms with E-state index in [4.69, 9.17) is 11.6 Å².